The van der Waals surface area contributed by atoms with Gasteiger partial charge in [-0.2, -0.15) is 5.26 Å². The van der Waals surface area contributed by atoms with E-state index in [0.29, 0.717) is 32.1 Å². The normalized spacial score (nSPS) is 12.0. The average molecular weight is 423 g/mol. The van der Waals surface area contributed by atoms with E-state index in [0.717, 1.165) is 15.8 Å². The summed E-state index contributed by atoms with van der Waals surface area (Å²) in [5, 5.41) is 11.3. The molecule has 4 rings (SSSR count). The number of aromatic nitrogens is 1. The number of furan rings is 1. The molecule has 0 saturated carbocycles. The zero-order valence-electron chi connectivity index (χ0n) is 14.4. The van der Waals surface area contributed by atoms with Crippen LogP contribution in [0.4, 0.5) is 0 Å². The minimum Gasteiger partial charge on any atom is -0.457 e. The third-order valence-electron chi connectivity index (χ3n) is 3.99. The predicted molar refractivity (Wildman–Crippen MR) is 116 cm³/mol. The molecule has 0 saturated heterocycles. The second-order valence-electron chi connectivity index (χ2n) is 5.86. The van der Waals surface area contributed by atoms with Crippen LogP contribution in [0.25, 0.3) is 33.2 Å². The quantitative estimate of drug-likeness (QED) is 0.252. The summed E-state index contributed by atoms with van der Waals surface area (Å²) >= 11 is 13.7. The fourth-order valence-corrected chi connectivity index (χ4v) is 4.10. The molecule has 4 aromatic rings. The number of hydrogen-bond donors (Lipinski definition) is 0. The van der Waals surface area contributed by atoms with Crippen LogP contribution in [0.1, 0.15) is 10.8 Å². The van der Waals surface area contributed by atoms with Gasteiger partial charge in [-0.15, -0.1) is 11.3 Å². The van der Waals surface area contributed by atoms with Crippen molar-refractivity contribution in [2.45, 2.75) is 0 Å². The molecular formula is C22H12Cl2N2OS. The number of thiazole rings is 1. The van der Waals surface area contributed by atoms with E-state index in [1.807, 2.05) is 42.5 Å². The fraction of sp³-hybridized carbons (Fsp3) is 0. The van der Waals surface area contributed by atoms with Crippen molar-refractivity contribution in [2.24, 2.45) is 0 Å². The average Bonchev–Trinajstić information content (AvgIpc) is 3.32. The lowest BCUT2D eigenvalue weighted by atomic mass is 10.2. The second kappa shape index (κ2) is 8.04. The highest BCUT2D eigenvalue weighted by molar-refractivity contribution is 7.19. The van der Waals surface area contributed by atoms with Gasteiger partial charge in [-0.1, -0.05) is 41.4 Å². The summed E-state index contributed by atoms with van der Waals surface area (Å²) < 4.78 is 6.87. The topological polar surface area (TPSA) is 49.8 Å². The van der Waals surface area contributed by atoms with Crippen LogP contribution < -0.4 is 0 Å². The van der Waals surface area contributed by atoms with Gasteiger partial charge in [0.05, 0.1) is 20.8 Å². The first kappa shape index (κ1) is 18.5. The summed E-state index contributed by atoms with van der Waals surface area (Å²) in [6.07, 6.45) is 5.30. The smallest absolute Gasteiger partial charge is 0.136 e. The number of rotatable bonds is 4. The first-order valence-electron chi connectivity index (χ1n) is 8.34. The van der Waals surface area contributed by atoms with E-state index < -0.39 is 0 Å². The van der Waals surface area contributed by atoms with E-state index in [2.05, 4.69) is 11.1 Å². The Morgan fingerprint density at radius 1 is 1.11 bits per heavy atom. The number of para-hydroxylation sites is 1. The van der Waals surface area contributed by atoms with E-state index in [1.54, 1.807) is 30.4 Å². The van der Waals surface area contributed by atoms with E-state index >= 15 is 0 Å². The molecule has 0 atom stereocenters. The van der Waals surface area contributed by atoms with Crippen molar-refractivity contribution in [1.29, 1.82) is 5.26 Å². The van der Waals surface area contributed by atoms with Gasteiger partial charge in [0.1, 0.15) is 22.6 Å². The standard InChI is InChI=1S/C22H12Cl2N2OS/c23-15-8-10-17(18(24)12-15)20-11-9-16(27-20)5-3-4-14(13-25)22-26-19-6-1-2-7-21(19)28-22/h1-12H/b5-3+,14-4+. The third kappa shape index (κ3) is 3.88. The Bertz CT molecular complexity index is 1230. The maximum absolute atomic E-state index is 9.47. The summed E-state index contributed by atoms with van der Waals surface area (Å²) in [4.78, 5) is 4.52. The molecule has 0 N–H and O–H groups in total. The van der Waals surface area contributed by atoms with Crippen LogP contribution in [-0.4, -0.2) is 4.98 Å². The lowest BCUT2D eigenvalue weighted by molar-refractivity contribution is 0.572. The highest BCUT2D eigenvalue weighted by Gasteiger charge is 2.09. The number of nitriles is 1. The van der Waals surface area contributed by atoms with Crippen LogP contribution in [0, 0.1) is 11.3 Å². The molecule has 0 amide bonds. The SMILES string of the molecule is N#C/C(=C\C=C\c1ccc(-c2ccc(Cl)cc2Cl)o1)c1nc2ccccc2s1. The molecule has 28 heavy (non-hydrogen) atoms. The Morgan fingerprint density at radius 2 is 1.96 bits per heavy atom. The van der Waals surface area contributed by atoms with E-state index in [9.17, 15) is 5.26 Å². The van der Waals surface area contributed by atoms with Crippen molar-refractivity contribution in [3.8, 4) is 17.4 Å². The van der Waals surface area contributed by atoms with Crippen molar-refractivity contribution >= 4 is 56.4 Å². The maximum atomic E-state index is 9.47. The Balaban J connectivity index is 1.57. The molecule has 136 valence electrons. The number of allylic oxidation sites excluding steroid dienone is 3. The number of halogens is 2. The molecule has 0 fully saturated rings. The monoisotopic (exact) mass is 422 g/mol. The fourth-order valence-electron chi connectivity index (χ4n) is 2.66. The van der Waals surface area contributed by atoms with Crippen molar-refractivity contribution < 1.29 is 4.42 Å². The Labute approximate surface area is 175 Å². The van der Waals surface area contributed by atoms with Gasteiger partial charge in [-0.25, -0.2) is 4.98 Å². The summed E-state index contributed by atoms with van der Waals surface area (Å²) in [6.45, 7) is 0. The molecule has 0 bridgehead atoms. The van der Waals surface area contributed by atoms with Crippen molar-refractivity contribution in [3.63, 3.8) is 0 Å². The van der Waals surface area contributed by atoms with Crippen LogP contribution in [0.15, 0.2) is 71.2 Å². The number of nitrogens with zero attached hydrogens (tertiary/aromatic N) is 2. The summed E-state index contributed by atoms with van der Waals surface area (Å²) in [5.41, 5.74) is 2.17. The molecule has 0 unspecified atom stereocenters. The molecule has 2 heterocycles. The molecule has 2 aromatic carbocycles. The van der Waals surface area contributed by atoms with Crippen LogP contribution >= 0.6 is 34.5 Å². The van der Waals surface area contributed by atoms with Gasteiger partial charge >= 0.3 is 0 Å². The van der Waals surface area contributed by atoms with E-state index in [4.69, 9.17) is 27.6 Å². The molecular weight excluding hydrogens is 411 g/mol. The largest absolute Gasteiger partial charge is 0.457 e. The number of fused-ring (bicyclic) bond motifs is 1. The van der Waals surface area contributed by atoms with E-state index in [-0.39, 0.29) is 0 Å². The molecule has 2 aromatic heterocycles. The predicted octanol–water partition coefficient (Wildman–Crippen LogP) is 7.48. The van der Waals surface area contributed by atoms with Gasteiger partial charge in [0, 0.05) is 10.6 Å². The van der Waals surface area contributed by atoms with Gasteiger partial charge in [-0.05, 0) is 54.6 Å². The van der Waals surface area contributed by atoms with Crippen LogP contribution in [-0.2, 0) is 0 Å². The van der Waals surface area contributed by atoms with Gasteiger partial charge < -0.3 is 4.42 Å². The minimum atomic E-state index is 0.505. The zero-order chi connectivity index (χ0) is 19.5. The highest BCUT2D eigenvalue weighted by atomic mass is 35.5. The molecule has 0 aliphatic rings. The summed E-state index contributed by atoms with van der Waals surface area (Å²) in [6, 6.07) is 19.0. The summed E-state index contributed by atoms with van der Waals surface area (Å²) in [5.74, 6) is 1.30. The Kier molecular flexibility index (Phi) is 5.31. The van der Waals surface area contributed by atoms with Gasteiger partial charge in [0.15, 0.2) is 0 Å². The van der Waals surface area contributed by atoms with Gasteiger partial charge in [0.2, 0.25) is 0 Å². The minimum absolute atomic E-state index is 0.505. The first-order chi connectivity index (χ1) is 13.6. The molecule has 3 nitrogen and oxygen atoms in total. The molecule has 0 spiro atoms. The lowest BCUT2D eigenvalue weighted by Crippen LogP contribution is -1.78. The molecule has 0 aliphatic heterocycles. The second-order valence-corrected chi connectivity index (χ2v) is 7.74. The van der Waals surface area contributed by atoms with Gasteiger partial charge in [-0.3, -0.25) is 0 Å². The molecule has 6 heteroatoms. The van der Waals surface area contributed by atoms with Crippen LogP contribution in [0.3, 0.4) is 0 Å². The maximum Gasteiger partial charge on any atom is 0.136 e. The Morgan fingerprint density at radius 3 is 2.75 bits per heavy atom. The first-order valence-corrected chi connectivity index (χ1v) is 9.91. The Hall–Kier alpha value is -2.84. The van der Waals surface area contributed by atoms with Gasteiger partial charge in [0.25, 0.3) is 0 Å². The molecule has 0 radical (unpaired) electrons. The summed E-state index contributed by atoms with van der Waals surface area (Å²) in [7, 11) is 0. The van der Waals surface area contributed by atoms with Crippen molar-refractivity contribution in [3.05, 3.63) is 87.6 Å². The molecule has 0 aliphatic carbocycles. The van der Waals surface area contributed by atoms with Crippen molar-refractivity contribution in [2.75, 3.05) is 0 Å². The lowest BCUT2D eigenvalue weighted by Gasteiger charge is -2.00. The number of hydrogen-bond acceptors (Lipinski definition) is 4. The highest BCUT2D eigenvalue weighted by Crippen LogP contribution is 2.32. The van der Waals surface area contributed by atoms with Crippen molar-refractivity contribution in [1.82, 2.24) is 4.98 Å². The van der Waals surface area contributed by atoms with Crippen LogP contribution in [0.5, 0.6) is 0 Å². The van der Waals surface area contributed by atoms with E-state index in [1.165, 1.54) is 11.3 Å². The third-order valence-corrected chi connectivity index (χ3v) is 5.61. The number of benzene rings is 2. The van der Waals surface area contributed by atoms with Crippen LogP contribution in [0.2, 0.25) is 10.0 Å². The zero-order valence-corrected chi connectivity index (χ0v) is 16.7.